The molecule has 2 aliphatic rings. The van der Waals surface area contributed by atoms with Gasteiger partial charge < -0.3 is 4.84 Å². The molecule has 1 unspecified atom stereocenters. The Morgan fingerprint density at radius 1 is 1.42 bits per heavy atom. The molecule has 1 N–H and O–H groups in total. The number of rotatable bonds is 2. The maximum atomic E-state index is 6.39. The van der Waals surface area contributed by atoms with E-state index >= 15 is 0 Å². The van der Waals surface area contributed by atoms with Gasteiger partial charge in [-0.2, -0.15) is 0 Å². The molecule has 0 bridgehead atoms. The van der Waals surface area contributed by atoms with Crippen LogP contribution in [0.3, 0.4) is 0 Å². The van der Waals surface area contributed by atoms with Gasteiger partial charge in [-0.15, -0.1) is 5.48 Å². The highest BCUT2D eigenvalue weighted by Crippen LogP contribution is 2.46. The van der Waals surface area contributed by atoms with Gasteiger partial charge in [0, 0.05) is 16.6 Å². The molecule has 1 saturated carbocycles. The Bertz CT molecular complexity index is 534. The van der Waals surface area contributed by atoms with Gasteiger partial charge in [0.05, 0.1) is 5.69 Å². The third kappa shape index (κ3) is 2.03. The fraction of sp³-hybridized carbons (Fsp3) is 0.571. The van der Waals surface area contributed by atoms with Gasteiger partial charge in [-0.1, -0.05) is 32.4 Å². The van der Waals surface area contributed by atoms with Gasteiger partial charge in [0.1, 0.15) is 0 Å². The highest BCUT2D eigenvalue weighted by atomic mass is 35.5. The van der Waals surface area contributed by atoms with Crippen LogP contribution >= 0.6 is 11.6 Å². The molecule has 4 nitrogen and oxygen atoms in total. The minimum Gasteiger partial charge on any atom is -0.394 e. The molecule has 0 aromatic carbocycles. The minimum atomic E-state index is -0.682. The Labute approximate surface area is 118 Å². The summed E-state index contributed by atoms with van der Waals surface area (Å²) in [5, 5.41) is 0.778. The smallest absolute Gasteiger partial charge is 0.198 e. The molecule has 0 amide bonds. The molecule has 0 spiro atoms. The Morgan fingerprint density at radius 2 is 2.16 bits per heavy atom. The largest absolute Gasteiger partial charge is 0.394 e. The minimum absolute atomic E-state index is 0.183. The summed E-state index contributed by atoms with van der Waals surface area (Å²) in [6.07, 6.45) is 5.74. The molecule has 1 fully saturated rings. The first-order valence-electron chi connectivity index (χ1n) is 6.56. The summed E-state index contributed by atoms with van der Waals surface area (Å²) in [6.45, 7) is 6.28. The third-order valence-corrected chi connectivity index (χ3v) is 4.19. The number of aliphatic imine (C=N–C) groups is 1. The molecule has 1 aliphatic heterocycles. The number of nitrogens with one attached hydrogen (secondary N) is 1. The molecule has 0 saturated heterocycles. The molecule has 0 radical (unpaired) electrons. The normalized spacial score (nSPS) is 26.5. The van der Waals surface area contributed by atoms with Crippen molar-refractivity contribution < 1.29 is 4.84 Å². The average Bonchev–Trinajstić information content (AvgIpc) is 3.04. The van der Waals surface area contributed by atoms with Crippen molar-refractivity contribution in [3.05, 3.63) is 28.5 Å². The highest BCUT2D eigenvalue weighted by molar-refractivity contribution is 6.31. The van der Waals surface area contributed by atoms with Crippen molar-refractivity contribution in [1.82, 2.24) is 10.5 Å². The van der Waals surface area contributed by atoms with Crippen molar-refractivity contribution in [3.63, 3.8) is 0 Å². The Morgan fingerprint density at radius 3 is 2.63 bits per heavy atom. The maximum Gasteiger partial charge on any atom is 0.198 e. The van der Waals surface area contributed by atoms with Gasteiger partial charge >= 0.3 is 0 Å². The molecule has 1 aliphatic carbocycles. The van der Waals surface area contributed by atoms with E-state index in [2.05, 4.69) is 36.2 Å². The summed E-state index contributed by atoms with van der Waals surface area (Å²) >= 11 is 6.39. The zero-order valence-corrected chi connectivity index (χ0v) is 12.2. The number of halogens is 1. The lowest BCUT2D eigenvalue weighted by molar-refractivity contribution is 0.0375. The number of hydroxylamine groups is 1. The van der Waals surface area contributed by atoms with E-state index in [1.54, 1.807) is 0 Å². The van der Waals surface area contributed by atoms with Gasteiger partial charge in [-0.05, 0) is 30.4 Å². The van der Waals surface area contributed by atoms with Crippen molar-refractivity contribution >= 4 is 18.0 Å². The third-order valence-electron chi connectivity index (χ3n) is 3.86. The lowest BCUT2D eigenvalue weighted by Gasteiger charge is -2.37. The first-order chi connectivity index (χ1) is 8.94. The number of nitrogens with zero attached hydrogens (tertiary/aromatic N) is 2. The summed E-state index contributed by atoms with van der Waals surface area (Å²) in [7, 11) is 0. The zero-order chi connectivity index (χ0) is 13.7. The van der Waals surface area contributed by atoms with Crippen LogP contribution in [0.1, 0.15) is 50.8 Å². The molecule has 19 heavy (non-hydrogen) atoms. The molecule has 5 heteroatoms. The van der Waals surface area contributed by atoms with E-state index in [1.807, 2.05) is 12.3 Å². The quantitative estimate of drug-likeness (QED) is 0.903. The van der Waals surface area contributed by atoms with E-state index in [9.17, 15) is 0 Å². The molecular weight excluding hydrogens is 262 g/mol. The molecule has 102 valence electrons. The van der Waals surface area contributed by atoms with Gasteiger partial charge in [0.15, 0.2) is 12.1 Å². The van der Waals surface area contributed by atoms with Crippen molar-refractivity contribution in [2.24, 2.45) is 10.4 Å². The standard InChI is InChI=1S/C14H18ClN3O/c1-13(2,3)14(17-8-19-18-14)12-6-11(15)10(7-16-12)9-4-5-9/h6-9,18H,4-5H2,1-3H3. The predicted molar refractivity (Wildman–Crippen MR) is 75.1 cm³/mol. The lowest BCUT2D eigenvalue weighted by Crippen LogP contribution is -2.48. The predicted octanol–water partition coefficient (Wildman–Crippen LogP) is 3.37. The average molecular weight is 280 g/mol. The zero-order valence-electron chi connectivity index (χ0n) is 11.4. The summed E-state index contributed by atoms with van der Waals surface area (Å²) in [4.78, 5) is 14.2. The second-order valence-electron chi connectivity index (χ2n) is 6.28. The van der Waals surface area contributed by atoms with Crippen LogP contribution in [-0.2, 0) is 10.5 Å². The van der Waals surface area contributed by atoms with Gasteiger partial charge in [-0.25, -0.2) is 4.99 Å². The second-order valence-corrected chi connectivity index (χ2v) is 6.69. The maximum absolute atomic E-state index is 6.39. The van der Waals surface area contributed by atoms with E-state index in [0.717, 1.165) is 16.3 Å². The molecule has 2 heterocycles. The summed E-state index contributed by atoms with van der Waals surface area (Å²) in [6, 6.07) is 1.92. The summed E-state index contributed by atoms with van der Waals surface area (Å²) < 4.78 is 0. The van der Waals surface area contributed by atoms with Crippen LogP contribution < -0.4 is 5.48 Å². The Kier molecular flexibility index (Phi) is 2.84. The summed E-state index contributed by atoms with van der Waals surface area (Å²) in [5.74, 6) is 0.593. The summed E-state index contributed by atoms with van der Waals surface area (Å²) in [5.41, 5.74) is 4.05. The van der Waals surface area contributed by atoms with Crippen LogP contribution in [0.5, 0.6) is 0 Å². The number of aromatic nitrogens is 1. The first kappa shape index (κ1) is 12.9. The highest BCUT2D eigenvalue weighted by Gasteiger charge is 2.48. The molecule has 1 aromatic rings. The number of hydrogen-bond donors (Lipinski definition) is 1. The fourth-order valence-corrected chi connectivity index (χ4v) is 2.73. The fourth-order valence-electron chi connectivity index (χ4n) is 2.43. The second kappa shape index (κ2) is 4.18. The van der Waals surface area contributed by atoms with Gasteiger partial charge in [0.25, 0.3) is 0 Å². The Hall–Kier alpha value is -1.13. The van der Waals surface area contributed by atoms with Crippen LogP contribution in [0.2, 0.25) is 5.02 Å². The van der Waals surface area contributed by atoms with E-state index in [4.69, 9.17) is 16.4 Å². The van der Waals surface area contributed by atoms with Crippen molar-refractivity contribution in [3.8, 4) is 0 Å². The van der Waals surface area contributed by atoms with Crippen LogP contribution in [0.4, 0.5) is 0 Å². The SMILES string of the molecule is CC(C)(C)C1(c2cc(Cl)c(C3CC3)cn2)N=CON1. The molecule has 1 atom stereocenters. The number of hydrogen-bond acceptors (Lipinski definition) is 4. The van der Waals surface area contributed by atoms with Crippen LogP contribution in [-0.4, -0.2) is 11.4 Å². The van der Waals surface area contributed by atoms with Crippen LogP contribution in [0, 0.1) is 5.41 Å². The number of pyridine rings is 1. The van der Waals surface area contributed by atoms with Crippen molar-refractivity contribution in [1.29, 1.82) is 0 Å². The van der Waals surface area contributed by atoms with E-state index in [-0.39, 0.29) is 5.41 Å². The van der Waals surface area contributed by atoms with Crippen molar-refractivity contribution in [2.75, 3.05) is 0 Å². The van der Waals surface area contributed by atoms with E-state index in [1.165, 1.54) is 19.2 Å². The first-order valence-corrected chi connectivity index (χ1v) is 6.94. The molecular formula is C14H18ClN3O. The van der Waals surface area contributed by atoms with Gasteiger partial charge in [0.2, 0.25) is 0 Å². The topological polar surface area (TPSA) is 46.5 Å². The van der Waals surface area contributed by atoms with Gasteiger partial charge in [-0.3, -0.25) is 4.98 Å². The van der Waals surface area contributed by atoms with Crippen molar-refractivity contribution in [2.45, 2.75) is 45.2 Å². The van der Waals surface area contributed by atoms with Crippen LogP contribution in [0.15, 0.2) is 17.3 Å². The monoisotopic (exact) mass is 279 g/mol. The lowest BCUT2D eigenvalue weighted by atomic mass is 9.79. The van der Waals surface area contributed by atoms with E-state index in [0.29, 0.717) is 5.92 Å². The Balaban J connectivity index is 2.04. The molecule has 3 rings (SSSR count). The van der Waals surface area contributed by atoms with E-state index < -0.39 is 5.66 Å². The van der Waals surface area contributed by atoms with Crippen LogP contribution in [0.25, 0.3) is 0 Å². The molecule has 1 aromatic heterocycles.